The van der Waals surface area contributed by atoms with E-state index in [-0.39, 0.29) is 6.04 Å². The molecule has 0 saturated carbocycles. The Bertz CT molecular complexity index is 546. The zero-order valence-corrected chi connectivity index (χ0v) is 11.3. The van der Waals surface area contributed by atoms with Crippen molar-refractivity contribution in [3.05, 3.63) is 59.4 Å². The molecule has 20 heavy (non-hydrogen) atoms. The van der Waals surface area contributed by atoms with Gasteiger partial charge < -0.3 is 5.32 Å². The molecule has 0 saturated heterocycles. The molecule has 3 nitrogen and oxygen atoms in total. The van der Waals surface area contributed by atoms with Gasteiger partial charge in [0.05, 0.1) is 6.20 Å². The molecule has 0 radical (unpaired) electrons. The SMILES string of the molecule is CCCNC(Cc1ccc(F)c(F)c1)c1ccnnc1. The molecule has 0 amide bonds. The van der Waals surface area contributed by atoms with Crippen LogP contribution in [0.4, 0.5) is 8.78 Å². The Morgan fingerprint density at radius 2 is 2.00 bits per heavy atom. The normalized spacial score (nSPS) is 12.3. The van der Waals surface area contributed by atoms with Gasteiger partial charge in [0.1, 0.15) is 0 Å². The zero-order valence-electron chi connectivity index (χ0n) is 11.3. The first kappa shape index (κ1) is 14.5. The van der Waals surface area contributed by atoms with Crippen molar-refractivity contribution >= 4 is 0 Å². The summed E-state index contributed by atoms with van der Waals surface area (Å²) in [6.45, 7) is 2.92. The highest BCUT2D eigenvalue weighted by atomic mass is 19.2. The second kappa shape index (κ2) is 7.05. The predicted molar refractivity (Wildman–Crippen MR) is 73.1 cm³/mol. The molecule has 1 N–H and O–H groups in total. The van der Waals surface area contributed by atoms with Crippen molar-refractivity contribution in [3.8, 4) is 0 Å². The molecule has 5 heteroatoms. The minimum Gasteiger partial charge on any atom is -0.310 e. The molecule has 0 aliphatic heterocycles. The van der Waals surface area contributed by atoms with Crippen molar-refractivity contribution in [3.63, 3.8) is 0 Å². The highest BCUT2D eigenvalue weighted by Gasteiger charge is 2.13. The Hall–Kier alpha value is -1.88. The van der Waals surface area contributed by atoms with Crippen LogP contribution in [0, 0.1) is 11.6 Å². The van der Waals surface area contributed by atoms with Crippen molar-refractivity contribution in [2.75, 3.05) is 6.54 Å². The quantitative estimate of drug-likeness (QED) is 0.882. The van der Waals surface area contributed by atoms with Crippen LogP contribution in [0.25, 0.3) is 0 Å². The van der Waals surface area contributed by atoms with Crippen LogP contribution in [-0.4, -0.2) is 16.7 Å². The number of hydrogen-bond acceptors (Lipinski definition) is 3. The van der Waals surface area contributed by atoms with Gasteiger partial charge in [-0.15, -0.1) is 0 Å². The molecule has 106 valence electrons. The minimum absolute atomic E-state index is 0.00955. The second-order valence-electron chi connectivity index (χ2n) is 4.64. The zero-order chi connectivity index (χ0) is 14.4. The van der Waals surface area contributed by atoms with Gasteiger partial charge in [0.2, 0.25) is 0 Å². The summed E-state index contributed by atoms with van der Waals surface area (Å²) in [5.74, 6) is -1.64. The molecule has 1 aromatic heterocycles. The number of hydrogen-bond donors (Lipinski definition) is 1. The van der Waals surface area contributed by atoms with Gasteiger partial charge in [-0.1, -0.05) is 13.0 Å². The molecule has 0 aliphatic rings. The predicted octanol–water partition coefficient (Wildman–Crippen LogP) is 3.04. The molecular weight excluding hydrogens is 260 g/mol. The van der Waals surface area contributed by atoms with Gasteiger partial charge in [0.15, 0.2) is 11.6 Å². The van der Waals surface area contributed by atoms with Crippen molar-refractivity contribution < 1.29 is 8.78 Å². The summed E-state index contributed by atoms with van der Waals surface area (Å²) in [7, 11) is 0. The van der Waals surface area contributed by atoms with Crippen LogP contribution in [-0.2, 0) is 6.42 Å². The fourth-order valence-corrected chi connectivity index (χ4v) is 2.04. The van der Waals surface area contributed by atoms with Gasteiger partial charge >= 0.3 is 0 Å². The molecule has 2 rings (SSSR count). The van der Waals surface area contributed by atoms with Gasteiger partial charge in [-0.3, -0.25) is 0 Å². The fraction of sp³-hybridized carbons (Fsp3) is 0.333. The topological polar surface area (TPSA) is 37.8 Å². The highest BCUT2D eigenvalue weighted by molar-refractivity contribution is 5.22. The minimum atomic E-state index is -0.822. The Morgan fingerprint density at radius 1 is 1.15 bits per heavy atom. The third kappa shape index (κ3) is 3.81. The molecular formula is C15H17F2N3. The van der Waals surface area contributed by atoms with E-state index in [0.29, 0.717) is 6.42 Å². The van der Waals surface area contributed by atoms with Gasteiger partial charge in [-0.25, -0.2) is 8.78 Å². The molecule has 0 bridgehead atoms. The summed E-state index contributed by atoms with van der Waals surface area (Å²) in [6.07, 6.45) is 4.88. The lowest BCUT2D eigenvalue weighted by molar-refractivity contribution is 0.499. The van der Waals surface area contributed by atoms with Crippen LogP contribution in [0.15, 0.2) is 36.7 Å². The average molecular weight is 277 g/mol. The van der Waals surface area contributed by atoms with E-state index in [1.807, 2.05) is 6.07 Å². The number of halogens is 2. The van der Waals surface area contributed by atoms with Crippen LogP contribution >= 0.6 is 0 Å². The average Bonchev–Trinajstić information content (AvgIpc) is 2.48. The standard InChI is InChI=1S/C15H17F2N3/c1-2-6-18-15(12-5-7-19-20-10-12)9-11-3-4-13(16)14(17)8-11/h3-5,7-8,10,15,18H,2,6,9H2,1H3. The lowest BCUT2D eigenvalue weighted by Gasteiger charge is -2.18. The van der Waals surface area contributed by atoms with Gasteiger partial charge in [0.25, 0.3) is 0 Å². The summed E-state index contributed by atoms with van der Waals surface area (Å²) in [5, 5.41) is 11.0. The molecule has 1 aromatic carbocycles. The van der Waals surface area contributed by atoms with E-state index in [1.165, 1.54) is 6.07 Å². The monoisotopic (exact) mass is 277 g/mol. The molecule has 0 fully saturated rings. The van der Waals surface area contributed by atoms with E-state index < -0.39 is 11.6 Å². The van der Waals surface area contributed by atoms with Crippen LogP contribution in [0.2, 0.25) is 0 Å². The first-order valence-corrected chi connectivity index (χ1v) is 6.64. The third-order valence-corrected chi connectivity index (χ3v) is 3.07. The number of nitrogens with one attached hydrogen (secondary N) is 1. The van der Waals surface area contributed by atoms with E-state index in [0.717, 1.165) is 30.2 Å². The molecule has 2 aromatic rings. The van der Waals surface area contributed by atoms with Crippen molar-refractivity contribution in [2.24, 2.45) is 0 Å². The van der Waals surface area contributed by atoms with E-state index in [4.69, 9.17) is 0 Å². The Balaban J connectivity index is 2.17. The highest BCUT2D eigenvalue weighted by Crippen LogP contribution is 2.19. The van der Waals surface area contributed by atoms with Crippen LogP contribution in [0.3, 0.4) is 0 Å². The summed E-state index contributed by atoms with van der Waals surface area (Å²) < 4.78 is 26.2. The second-order valence-corrected chi connectivity index (χ2v) is 4.64. The van der Waals surface area contributed by atoms with Crippen molar-refractivity contribution in [2.45, 2.75) is 25.8 Å². The van der Waals surface area contributed by atoms with Crippen molar-refractivity contribution in [1.29, 1.82) is 0 Å². The summed E-state index contributed by atoms with van der Waals surface area (Å²) >= 11 is 0. The maximum Gasteiger partial charge on any atom is 0.159 e. The van der Waals surface area contributed by atoms with Crippen molar-refractivity contribution in [1.82, 2.24) is 15.5 Å². The maximum atomic E-state index is 13.3. The summed E-state index contributed by atoms with van der Waals surface area (Å²) in [4.78, 5) is 0. The van der Waals surface area contributed by atoms with E-state index in [1.54, 1.807) is 18.5 Å². The number of benzene rings is 1. The van der Waals surface area contributed by atoms with Crippen LogP contribution < -0.4 is 5.32 Å². The van der Waals surface area contributed by atoms with E-state index in [2.05, 4.69) is 22.4 Å². The fourth-order valence-electron chi connectivity index (χ4n) is 2.04. The maximum absolute atomic E-state index is 13.3. The van der Waals surface area contributed by atoms with Gasteiger partial charge in [-0.2, -0.15) is 10.2 Å². The summed E-state index contributed by atoms with van der Waals surface area (Å²) in [5.41, 5.74) is 1.73. The van der Waals surface area contributed by atoms with Crippen LogP contribution in [0.1, 0.15) is 30.5 Å². The molecule has 1 unspecified atom stereocenters. The smallest absolute Gasteiger partial charge is 0.159 e. The Labute approximate surface area is 117 Å². The lowest BCUT2D eigenvalue weighted by Crippen LogP contribution is -2.24. The van der Waals surface area contributed by atoms with Gasteiger partial charge in [-0.05, 0) is 48.7 Å². The third-order valence-electron chi connectivity index (χ3n) is 3.07. The molecule has 0 spiro atoms. The summed E-state index contributed by atoms with van der Waals surface area (Å²) in [6, 6.07) is 5.89. The molecule has 1 heterocycles. The van der Waals surface area contributed by atoms with E-state index in [9.17, 15) is 8.78 Å². The van der Waals surface area contributed by atoms with Crippen LogP contribution in [0.5, 0.6) is 0 Å². The first-order valence-electron chi connectivity index (χ1n) is 6.64. The lowest BCUT2D eigenvalue weighted by atomic mass is 10.0. The molecule has 0 aliphatic carbocycles. The Morgan fingerprint density at radius 3 is 2.65 bits per heavy atom. The number of aromatic nitrogens is 2. The number of nitrogens with zero attached hydrogens (tertiary/aromatic N) is 2. The van der Waals surface area contributed by atoms with Gasteiger partial charge in [0, 0.05) is 12.2 Å². The first-order chi connectivity index (χ1) is 9.70. The largest absolute Gasteiger partial charge is 0.310 e. The Kier molecular flexibility index (Phi) is 5.12. The molecule has 1 atom stereocenters. The number of rotatable bonds is 6. The van der Waals surface area contributed by atoms with E-state index >= 15 is 0 Å².